The van der Waals surface area contributed by atoms with Crippen LogP contribution in [0.2, 0.25) is 0 Å². The maximum atomic E-state index is 12.2. The predicted molar refractivity (Wildman–Crippen MR) is 76.6 cm³/mol. The summed E-state index contributed by atoms with van der Waals surface area (Å²) in [4.78, 5) is 13.9. The minimum absolute atomic E-state index is 0.0859. The number of piperidine rings is 1. The number of rotatable bonds is 1. The summed E-state index contributed by atoms with van der Waals surface area (Å²) in [5.74, 6) is 0.0441. The van der Waals surface area contributed by atoms with E-state index in [1.807, 2.05) is 22.6 Å². The number of carbonyl (C=O) groups is 1. The van der Waals surface area contributed by atoms with E-state index in [0.29, 0.717) is 31.5 Å². The number of phenolic OH excluding ortho intramolecular Hbond substituents is 1. The molecule has 1 saturated heterocycles. The standard InChI is InChI=1S/C13H16INO3/c1-13(18)4-6-15(7-5-13)12(17)9-2-3-10(14)11(16)8-9/h2-3,8,16,18H,4-7H2,1H3. The number of phenols is 1. The van der Waals surface area contributed by atoms with Crippen LogP contribution in [0.15, 0.2) is 18.2 Å². The van der Waals surface area contributed by atoms with Gasteiger partial charge in [0.15, 0.2) is 0 Å². The normalized spacial score (nSPS) is 18.7. The fourth-order valence-electron chi connectivity index (χ4n) is 2.02. The molecule has 1 amide bonds. The number of hydrogen-bond donors (Lipinski definition) is 2. The lowest BCUT2D eigenvalue weighted by Gasteiger charge is -2.35. The summed E-state index contributed by atoms with van der Waals surface area (Å²) in [6.45, 7) is 2.91. The van der Waals surface area contributed by atoms with Crippen LogP contribution in [0.4, 0.5) is 0 Å². The fraction of sp³-hybridized carbons (Fsp3) is 0.462. The molecule has 1 aromatic rings. The van der Waals surface area contributed by atoms with Crippen molar-refractivity contribution in [1.29, 1.82) is 0 Å². The molecule has 0 atom stereocenters. The Hall–Kier alpha value is -0.820. The number of benzene rings is 1. The van der Waals surface area contributed by atoms with E-state index < -0.39 is 5.60 Å². The van der Waals surface area contributed by atoms with Crippen LogP contribution >= 0.6 is 22.6 Å². The molecule has 1 heterocycles. The van der Waals surface area contributed by atoms with Gasteiger partial charge in [0.05, 0.1) is 9.17 Å². The van der Waals surface area contributed by atoms with Crippen LogP contribution in [0.5, 0.6) is 5.75 Å². The smallest absolute Gasteiger partial charge is 0.253 e. The SMILES string of the molecule is CC1(O)CCN(C(=O)c2ccc(I)c(O)c2)CC1. The molecule has 1 aliphatic rings. The predicted octanol–water partition coefficient (Wildman–Crippen LogP) is 1.98. The third kappa shape index (κ3) is 2.95. The van der Waals surface area contributed by atoms with Crippen LogP contribution in [0.1, 0.15) is 30.1 Å². The molecule has 0 unspecified atom stereocenters. The summed E-state index contributed by atoms with van der Waals surface area (Å²) in [5.41, 5.74) is -0.167. The highest BCUT2D eigenvalue weighted by atomic mass is 127. The molecule has 1 aromatic carbocycles. The van der Waals surface area contributed by atoms with Crippen LogP contribution in [0.25, 0.3) is 0 Å². The van der Waals surface area contributed by atoms with Crippen LogP contribution in [-0.2, 0) is 0 Å². The van der Waals surface area contributed by atoms with E-state index in [-0.39, 0.29) is 11.7 Å². The Labute approximate surface area is 120 Å². The molecule has 0 aliphatic carbocycles. The van der Waals surface area contributed by atoms with Gasteiger partial charge in [-0.15, -0.1) is 0 Å². The zero-order valence-corrected chi connectivity index (χ0v) is 12.3. The Bertz CT molecular complexity index is 463. The minimum atomic E-state index is -0.662. The molecule has 0 spiro atoms. The van der Waals surface area contributed by atoms with Crippen molar-refractivity contribution < 1.29 is 15.0 Å². The lowest BCUT2D eigenvalue weighted by atomic mass is 9.93. The van der Waals surface area contributed by atoms with Crippen LogP contribution in [0.3, 0.4) is 0 Å². The first-order chi connectivity index (χ1) is 8.39. The van der Waals surface area contributed by atoms with Crippen molar-refractivity contribution in [2.75, 3.05) is 13.1 Å². The number of hydrogen-bond acceptors (Lipinski definition) is 3. The van der Waals surface area contributed by atoms with Crippen LogP contribution < -0.4 is 0 Å². The van der Waals surface area contributed by atoms with E-state index >= 15 is 0 Å². The molecular weight excluding hydrogens is 345 g/mol. The Morgan fingerprint density at radius 3 is 2.56 bits per heavy atom. The van der Waals surface area contributed by atoms with E-state index in [0.717, 1.165) is 3.57 Å². The van der Waals surface area contributed by atoms with Crippen molar-refractivity contribution in [3.63, 3.8) is 0 Å². The molecule has 1 fully saturated rings. The second-order valence-corrected chi connectivity index (χ2v) is 6.12. The van der Waals surface area contributed by atoms with Gasteiger partial charge in [-0.3, -0.25) is 4.79 Å². The molecular formula is C13H16INO3. The van der Waals surface area contributed by atoms with Crippen molar-refractivity contribution >= 4 is 28.5 Å². The maximum Gasteiger partial charge on any atom is 0.253 e. The number of amides is 1. The van der Waals surface area contributed by atoms with Gasteiger partial charge < -0.3 is 15.1 Å². The molecule has 98 valence electrons. The second kappa shape index (κ2) is 5.05. The average molecular weight is 361 g/mol. The van der Waals surface area contributed by atoms with Crippen LogP contribution in [0, 0.1) is 3.57 Å². The van der Waals surface area contributed by atoms with Gasteiger partial charge in [-0.25, -0.2) is 0 Å². The Kier molecular flexibility index (Phi) is 3.82. The van der Waals surface area contributed by atoms with Gasteiger partial charge in [0, 0.05) is 18.7 Å². The number of aromatic hydroxyl groups is 1. The highest BCUT2D eigenvalue weighted by Gasteiger charge is 2.30. The van der Waals surface area contributed by atoms with Crippen molar-refractivity contribution in [2.24, 2.45) is 0 Å². The van der Waals surface area contributed by atoms with Crippen LogP contribution in [-0.4, -0.2) is 39.7 Å². The van der Waals surface area contributed by atoms with E-state index in [2.05, 4.69) is 0 Å². The Morgan fingerprint density at radius 1 is 1.39 bits per heavy atom. The largest absolute Gasteiger partial charge is 0.507 e. The van der Waals surface area contributed by atoms with E-state index in [1.165, 1.54) is 6.07 Å². The molecule has 2 rings (SSSR count). The first kappa shape index (κ1) is 13.6. The molecule has 1 aliphatic heterocycles. The molecule has 0 saturated carbocycles. The lowest BCUT2D eigenvalue weighted by molar-refractivity contribution is -0.00203. The summed E-state index contributed by atoms with van der Waals surface area (Å²) in [5, 5.41) is 19.5. The zero-order valence-electron chi connectivity index (χ0n) is 10.2. The van der Waals surface area contributed by atoms with Crippen molar-refractivity contribution in [3.05, 3.63) is 27.3 Å². The van der Waals surface area contributed by atoms with Gasteiger partial charge in [0.2, 0.25) is 0 Å². The lowest BCUT2D eigenvalue weighted by Crippen LogP contribution is -2.45. The van der Waals surface area contributed by atoms with E-state index in [9.17, 15) is 15.0 Å². The topological polar surface area (TPSA) is 60.8 Å². The molecule has 4 nitrogen and oxygen atoms in total. The van der Waals surface area contributed by atoms with Crippen molar-refractivity contribution in [3.8, 4) is 5.75 Å². The minimum Gasteiger partial charge on any atom is -0.507 e. The highest BCUT2D eigenvalue weighted by molar-refractivity contribution is 14.1. The van der Waals surface area contributed by atoms with Crippen molar-refractivity contribution in [1.82, 2.24) is 4.90 Å². The summed E-state index contributed by atoms with van der Waals surface area (Å²) < 4.78 is 0.728. The molecule has 5 heteroatoms. The monoisotopic (exact) mass is 361 g/mol. The van der Waals surface area contributed by atoms with Gasteiger partial charge >= 0.3 is 0 Å². The Balaban J connectivity index is 2.10. The zero-order chi connectivity index (χ0) is 13.3. The molecule has 0 aromatic heterocycles. The summed E-state index contributed by atoms with van der Waals surface area (Å²) in [6.07, 6.45) is 1.18. The quantitative estimate of drug-likeness (QED) is 0.753. The Morgan fingerprint density at radius 2 is 2.00 bits per heavy atom. The van der Waals surface area contributed by atoms with Gasteiger partial charge in [-0.1, -0.05) is 0 Å². The van der Waals surface area contributed by atoms with E-state index in [4.69, 9.17) is 0 Å². The first-order valence-electron chi connectivity index (χ1n) is 5.89. The molecule has 0 radical (unpaired) electrons. The molecule has 2 N–H and O–H groups in total. The van der Waals surface area contributed by atoms with Gasteiger partial charge in [0.25, 0.3) is 5.91 Å². The molecule has 18 heavy (non-hydrogen) atoms. The fourth-order valence-corrected chi connectivity index (χ4v) is 2.36. The third-order valence-electron chi connectivity index (χ3n) is 3.32. The molecule has 0 bridgehead atoms. The average Bonchev–Trinajstić information content (AvgIpc) is 2.32. The number of likely N-dealkylation sites (tertiary alicyclic amines) is 1. The first-order valence-corrected chi connectivity index (χ1v) is 6.97. The second-order valence-electron chi connectivity index (χ2n) is 4.96. The number of halogens is 1. The van der Waals surface area contributed by atoms with Gasteiger partial charge in [0.1, 0.15) is 5.75 Å². The number of nitrogens with zero attached hydrogens (tertiary/aromatic N) is 1. The summed E-state index contributed by atoms with van der Waals surface area (Å²) in [6, 6.07) is 4.94. The van der Waals surface area contributed by atoms with E-state index in [1.54, 1.807) is 24.0 Å². The van der Waals surface area contributed by atoms with Gasteiger partial charge in [-0.2, -0.15) is 0 Å². The van der Waals surface area contributed by atoms with Crippen molar-refractivity contribution in [2.45, 2.75) is 25.4 Å². The number of aliphatic hydroxyl groups is 1. The number of carbonyl (C=O) groups excluding carboxylic acids is 1. The third-order valence-corrected chi connectivity index (χ3v) is 4.23. The summed E-state index contributed by atoms with van der Waals surface area (Å²) in [7, 11) is 0. The van der Waals surface area contributed by atoms with Gasteiger partial charge in [-0.05, 0) is 60.6 Å². The summed E-state index contributed by atoms with van der Waals surface area (Å²) >= 11 is 2.02. The highest BCUT2D eigenvalue weighted by Crippen LogP contribution is 2.25. The maximum absolute atomic E-state index is 12.2.